The van der Waals surface area contributed by atoms with Gasteiger partial charge in [-0.3, -0.25) is 4.99 Å². The number of hydrogen-bond donors (Lipinski definition) is 1. The van der Waals surface area contributed by atoms with Crippen LogP contribution >= 0.6 is 35.6 Å². The predicted molar refractivity (Wildman–Crippen MR) is 90.7 cm³/mol. The average Bonchev–Trinajstić information content (AvgIpc) is 3.05. The average molecular weight is 392 g/mol. The molecule has 0 saturated heterocycles. The maximum Gasteiger partial charge on any atom is 0.193 e. The van der Waals surface area contributed by atoms with Gasteiger partial charge in [0.2, 0.25) is 0 Å². The van der Waals surface area contributed by atoms with Crippen LogP contribution in [-0.2, 0) is 5.41 Å². The zero-order chi connectivity index (χ0) is 12.6. The summed E-state index contributed by atoms with van der Waals surface area (Å²) in [5, 5.41) is 4.30. The monoisotopic (exact) mass is 391 g/mol. The largest absolute Gasteiger partial charge is 0.355 e. The molecular weight excluding hydrogens is 373 g/mol. The van der Waals surface area contributed by atoms with Gasteiger partial charge in [0.15, 0.2) is 5.96 Å². The van der Waals surface area contributed by atoms with E-state index in [9.17, 15) is 0 Å². The Hall–Kier alpha value is -0.490. The lowest BCUT2D eigenvalue weighted by Gasteiger charge is -2.20. The molecule has 1 aromatic carbocycles. The fourth-order valence-corrected chi connectivity index (χ4v) is 2.62. The van der Waals surface area contributed by atoms with Crippen molar-refractivity contribution in [2.24, 2.45) is 4.99 Å². The van der Waals surface area contributed by atoms with Crippen LogP contribution in [-0.4, -0.2) is 37.5 Å². The topological polar surface area (TPSA) is 27.6 Å². The van der Waals surface area contributed by atoms with Crippen LogP contribution in [0.1, 0.15) is 18.4 Å². The number of halogens is 2. The van der Waals surface area contributed by atoms with Crippen molar-refractivity contribution in [3.63, 3.8) is 0 Å². The van der Waals surface area contributed by atoms with Crippen molar-refractivity contribution in [1.82, 2.24) is 10.2 Å². The third-order valence-electron chi connectivity index (χ3n) is 3.95. The summed E-state index contributed by atoms with van der Waals surface area (Å²) in [5.41, 5.74) is 1.69. The highest BCUT2D eigenvalue weighted by Crippen LogP contribution is 2.47. The Kier molecular flexibility index (Phi) is 4.61. The number of nitrogens with one attached hydrogen (secondary N) is 1. The highest BCUT2D eigenvalue weighted by Gasteiger charge is 2.44. The highest BCUT2D eigenvalue weighted by atomic mass is 127. The molecule has 1 N–H and O–H groups in total. The van der Waals surface area contributed by atoms with E-state index < -0.39 is 0 Å². The first-order valence-corrected chi connectivity index (χ1v) is 6.83. The number of rotatable bonds is 3. The summed E-state index contributed by atoms with van der Waals surface area (Å²) in [4.78, 5) is 6.64. The van der Waals surface area contributed by atoms with Gasteiger partial charge in [-0.2, -0.15) is 0 Å². The van der Waals surface area contributed by atoms with Gasteiger partial charge >= 0.3 is 0 Å². The third-order valence-corrected chi connectivity index (χ3v) is 4.21. The maximum atomic E-state index is 5.94. The second-order valence-electron chi connectivity index (χ2n) is 5.27. The van der Waals surface area contributed by atoms with Crippen molar-refractivity contribution < 1.29 is 0 Å². The van der Waals surface area contributed by atoms with Crippen molar-refractivity contribution in [1.29, 1.82) is 0 Å². The van der Waals surface area contributed by atoms with Crippen LogP contribution in [0.15, 0.2) is 29.3 Å². The van der Waals surface area contributed by atoms with Crippen LogP contribution in [0.2, 0.25) is 5.02 Å². The van der Waals surface area contributed by atoms with E-state index in [1.807, 2.05) is 12.1 Å². The van der Waals surface area contributed by atoms with Gasteiger partial charge in [-0.1, -0.05) is 23.7 Å². The lowest BCUT2D eigenvalue weighted by atomic mass is 9.96. The summed E-state index contributed by atoms with van der Waals surface area (Å²) >= 11 is 5.94. The maximum absolute atomic E-state index is 5.94. The van der Waals surface area contributed by atoms with E-state index in [4.69, 9.17) is 11.6 Å². The lowest BCUT2D eigenvalue weighted by molar-refractivity contribution is 0.523. The molecule has 1 aromatic rings. The predicted octanol–water partition coefficient (Wildman–Crippen LogP) is 2.88. The number of hydrogen-bond acceptors (Lipinski definition) is 3. The molecule has 2 aliphatic rings. The van der Waals surface area contributed by atoms with Crippen LogP contribution in [0.5, 0.6) is 0 Å². The molecule has 0 aromatic heterocycles. The summed E-state index contributed by atoms with van der Waals surface area (Å²) in [5.74, 6) is 1.04. The number of nitrogens with zero attached hydrogens (tertiary/aromatic N) is 2. The first kappa shape index (κ1) is 14.9. The molecule has 5 heteroatoms. The Labute approximate surface area is 136 Å². The van der Waals surface area contributed by atoms with Gasteiger partial charge in [-0.05, 0) is 30.5 Å². The Morgan fingerprint density at radius 1 is 1.32 bits per heavy atom. The molecule has 0 bridgehead atoms. The van der Waals surface area contributed by atoms with Gasteiger partial charge in [0, 0.05) is 30.6 Å². The molecule has 0 spiro atoms. The van der Waals surface area contributed by atoms with E-state index >= 15 is 0 Å². The molecule has 0 amide bonds. The van der Waals surface area contributed by atoms with E-state index in [1.165, 1.54) is 18.4 Å². The summed E-state index contributed by atoms with van der Waals surface area (Å²) in [6, 6.07) is 8.26. The van der Waals surface area contributed by atoms with Gasteiger partial charge in [0.05, 0.1) is 6.54 Å². The zero-order valence-electron chi connectivity index (χ0n) is 11.0. The quantitative estimate of drug-likeness (QED) is 0.803. The molecule has 1 saturated carbocycles. The minimum absolute atomic E-state index is 0. The Balaban J connectivity index is 0.00000133. The molecule has 1 heterocycles. The highest BCUT2D eigenvalue weighted by molar-refractivity contribution is 14.0. The molecule has 19 heavy (non-hydrogen) atoms. The number of likely N-dealkylation sites (N-methyl/N-ethyl adjacent to an activating group) is 1. The van der Waals surface area contributed by atoms with Crippen molar-refractivity contribution in [3.05, 3.63) is 34.9 Å². The van der Waals surface area contributed by atoms with Gasteiger partial charge in [-0.25, -0.2) is 0 Å². The van der Waals surface area contributed by atoms with E-state index in [0.29, 0.717) is 5.41 Å². The lowest BCUT2D eigenvalue weighted by Crippen LogP contribution is -2.39. The summed E-state index contributed by atoms with van der Waals surface area (Å²) < 4.78 is 0. The first-order valence-electron chi connectivity index (χ1n) is 6.45. The van der Waals surface area contributed by atoms with Gasteiger partial charge in [-0.15, -0.1) is 24.0 Å². The van der Waals surface area contributed by atoms with E-state index in [0.717, 1.165) is 30.6 Å². The van der Waals surface area contributed by atoms with Crippen molar-refractivity contribution in [2.75, 3.05) is 26.7 Å². The summed E-state index contributed by atoms with van der Waals surface area (Å²) in [6.45, 7) is 2.90. The Morgan fingerprint density at radius 2 is 2.00 bits per heavy atom. The minimum Gasteiger partial charge on any atom is -0.355 e. The summed E-state index contributed by atoms with van der Waals surface area (Å²) in [7, 11) is 2.08. The molecule has 3 nitrogen and oxygen atoms in total. The molecule has 0 atom stereocenters. The smallest absolute Gasteiger partial charge is 0.193 e. The van der Waals surface area contributed by atoms with Crippen molar-refractivity contribution in [3.8, 4) is 0 Å². The molecule has 0 unspecified atom stereocenters. The number of benzene rings is 1. The zero-order valence-corrected chi connectivity index (χ0v) is 14.1. The fourth-order valence-electron chi connectivity index (χ4n) is 2.49. The molecule has 0 radical (unpaired) electrons. The third kappa shape index (κ3) is 3.16. The minimum atomic E-state index is 0. The van der Waals surface area contributed by atoms with Crippen LogP contribution in [0, 0.1) is 0 Å². The molecule has 1 aliphatic carbocycles. The van der Waals surface area contributed by atoms with Crippen molar-refractivity contribution >= 4 is 41.5 Å². The number of aliphatic imine (C=N–C) groups is 1. The Bertz CT molecular complexity index is 468. The van der Waals surface area contributed by atoms with E-state index in [1.54, 1.807) is 0 Å². The fraction of sp³-hybridized carbons (Fsp3) is 0.500. The summed E-state index contributed by atoms with van der Waals surface area (Å²) in [6.07, 6.45) is 2.50. The number of guanidine groups is 1. The van der Waals surface area contributed by atoms with E-state index in [-0.39, 0.29) is 24.0 Å². The second kappa shape index (κ2) is 5.87. The molecular formula is C14H19ClIN3. The first-order chi connectivity index (χ1) is 8.70. The van der Waals surface area contributed by atoms with Crippen LogP contribution in [0.25, 0.3) is 0 Å². The van der Waals surface area contributed by atoms with Gasteiger partial charge in [0.1, 0.15) is 0 Å². The van der Waals surface area contributed by atoms with E-state index in [2.05, 4.69) is 34.4 Å². The molecule has 1 aliphatic heterocycles. The normalized spacial score (nSPS) is 19.7. The molecule has 3 rings (SSSR count). The Morgan fingerprint density at radius 3 is 2.53 bits per heavy atom. The molecule has 1 fully saturated rings. The second-order valence-corrected chi connectivity index (χ2v) is 5.70. The van der Waals surface area contributed by atoms with Crippen LogP contribution in [0.4, 0.5) is 0 Å². The SMILES string of the molecule is CN1CCN=C1NCC1(c2ccc(Cl)cc2)CC1.I. The van der Waals surface area contributed by atoms with Gasteiger partial charge < -0.3 is 10.2 Å². The van der Waals surface area contributed by atoms with Crippen LogP contribution < -0.4 is 5.32 Å². The van der Waals surface area contributed by atoms with Crippen molar-refractivity contribution in [2.45, 2.75) is 18.3 Å². The van der Waals surface area contributed by atoms with Gasteiger partial charge in [0.25, 0.3) is 0 Å². The van der Waals surface area contributed by atoms with Crippen LogP contribution in [0.3, 0.4) is 0 Å². The standard InChI is InChI=1S/C14H18ClN3.HI/c1-18-9-8-16-13(18)17-10-14(6-7-14)11-2-4-12(15)5-3-11;/h2-5H,6-10H2,1H3,(H,16,17);1H. The molecule has 104 valence electrons.